The number of rotatable bonds is 5. The minimum absolute atomic E-state index is 0.0135. The molecule has 0 saturated carbocycles. The van der Waals surface area contributed by atoms with E-state index in [0.29, 0.717) is 28.7 Å². The number of aromatic nitrogens is 1. The fraction of sp³-hybridized carbons (Fsp3) is 0.0870. The molecule has 6 nitrogen and oxygen atoms in total. The lowest BCUT2D eigenvalue weighted by molar-refractivity contribution is -0.384. The van der Waals surface area contributed by atoms with E-state index >= 15 is 0 Å². The highest BCUT2D eigenvalue weighted by molar-refractivity contribution is 6.10. The quantitative estimate of drug-likeness (QED) is 0.375. The summed E-state index contributed by atoms with van der Waals surface area (Å²) in [6, 6.07) is 21.9. The van der Waals surface area contributed by atoms with E-state index in [0.717, 1.165) is 16.7 Å². The molecule has 2 N–H and O–H groups in total. The van der Waals surface area contributed by atoms with Crippen molar-refractivity contribution in [1.29, 1.82) is 0 Å². The lowest BCUT2D eigenvalue weighted by atomic mass is 10.0. The summed E-state index contributed by atoms with van der Waals surface area (Å²) in [5, 5.41) is 14.8. The summed E-state index contributed by atoms with van der Waals surface area (Å²) in [6.07, 6.45) is 0. The van der Waals surface area contributed by atoms with Gasteiger partial charge in [-0.05, 0) is 24.1 Å². The van der Waals surface area contributed by atoms with Crippen LogP contribution in [-0.4, -0.2) is 15.8 Å². The predicted octanol–water partition coefficient (Wildman–Crippen LogP) is 4.98. The standard InChI is InChI=1S/C23H19N3O3/c1-15-6-5-7-16(12-15)14-24-23(27)22-21(17-8-3-2-4-9-17)19-13-18(26(28)29)10-11-20(19)25-22/h2-13,25H,14H2,1H3,(H,24,27). The molecule has 0 atom stereocenters. The van der Waals surface area contributed by atoms with E-state index in [1.54, 1.807) is 6.07 Å². The summed E-state index contributed by atoms with van der Waals surface area (Å²) in [4.78, 5) is 27.0. The van der Waals surface area contributed by atoms with Crippen LogP contribution in [0.2, 0.25) is 0 Å². The maximum Gasteiger partial charge on any atom is 0.270 e. The van der Waals surface area contributed by atoms with Crippen molar-refractivity contribution in [2.45, 2.75) is 13.5 Å². The number of amides is 1. The zero-order chi connectivity index (χ0) is 20.4. The van der Waals surface area contributed by atoms with Gasteiger partial charge in [-0.25, -0.2) is 0 Å². The van der Waals surface area contributed by atoms with Gasteiger partial charge in [-0.15, -0.1) is 0 Å². The summed E-state index contributed by atoms with van der Waals surface area (Å²) >= 11 is 0. The van der Waals surface area contributed by atoms with Gasteiger partial charge in [0.2, 0.25) is 0 Å². The average molecular weight is 385 g/mol. The lowest BCUT2D eigenvalue weighted by Gasteiger charge is -2.08. The number of carbonyl (C=O) groups excluding carboxylic acids is 1. The number of nitrogens with one attached hydrogen (secondary N) is 2. The molecule has 0 unspecified atom stereocenters. The highest BCUT2D eigenvalue weighted by atomic mass is 16.6. The normalized spacial score (nSPS) is 10.8. The molecule has 0 saturated heterocycles. The fourth-order valence-corrected chi connectivity index (χ4v) is 3.46. The minimum Gasteiger partial charge on any atom is -0.350 e. The molecule has 1 aromatic heterocycles. The monoisotopic (exact) mass is 385 g/mol. The molecular formula is C23H19N3O3. The van der Waals surface area contributed by atoms with Crippen LogP contribution < -0.4 is 5.32 Å². The molecule has 0 aliphatic heterocycles. The average Bonchev–Trinajstić information content (AvgIpc) is 3.11. The number of carbonyl (C=O) groups is 1. The van der Waals surface area contributed by atoms with Crippen LogP contribution in [0.25, 0.3) is 22.0 Å². The van der Waals surface area contributed by atoms with Crippen LogP contribution in [0.1, 0.15) is 21.6 Å². The van der Waals surface area contributed by atoms with Gasteiger partial charge >= 0.3 is 0 Å². The molecule has 6 heteroatoms. The number of hydrogen-bond donors (Lipinski definition) is 2. The van der Waals surface area contributed by atoms with Gasteiger partial charge in [0.1, 0.15) is 5.69 Å². The number of non-ortho nitro benzene ring substituents is 1. The first kappa shape index (κ1) is 18.4. The highest BCUT2D eigenvalue weighted by Crippen LogP contribution is 2.34. The highest BCUT2D eigenvalue weighted by Gasteiger charge is 2.21. The van der Waals surface area contributed by atoms with E-state index in [2.05, 4.69) is 10.3 Å². The molecular weight excluding hydrogens is 366 g/mol. The molecule has 0 radical (unpaired) electrons. The second-order valence-corrected chi connectivity index (χ2v) is 6.90. The van der Waals surface area contributed by atoms with Crippen molar-refractivity contribution in [3.05, 3.63) is 99.7 Å². The van der Waals surface area contributed by atoms with Crippen LogP contribution in [0.5, 0.6) is 0 Å². The van der Waals surface area contributed by atoms with Crippen molar-refractivity contribution in [3.63, 3.8) is 0 Å². The van der Waals surface area contributed by atoms with Crippen molar-refractivity contribution in [2.24, 2.45) is 0 Å². The molecule has 29 heavy (non-hydrogen) atoms. The summed E-state index contributed by atoms with van der Waals surface area (Å²) in [5.41, 5.74) is 4.66. The van der Waals surface area contributed by atoms with Crippen LogP contribution in [0, 0.1) is 17.0 Å². The maximum atomic E-state index is 13.0. The first-order valence-electron chi connectivity index (χ1n) is 9.22. The third kappa shape index (κ3) is 3.73. The van der Waals surface area contributed by atoms with Crippen molar-refractivity contribution < 1.29 is 9.72 Å². The molecule has 1 heterocycles. The van der Waals surface area contributed by atoms with Crippen molar-refractivity contribution in [2.75, 3.05) is 0 Å². The summed E-state index contributed by atoms with van der Waals surface area (Å²) in [5.74, 6) is -0.260. The van der Waals surface area contributed by atoms with Crippen LogP contribution in [0.3, 0.4) is 0 Å². The molecule has 0 spiro atoms. The number of nitro groups is 1. The van der Waals surface area contributed by atoms with Gasteiger partial charge in [-0.2, -0.15) is 0 Å². The van der Waals surface area contributed by atoms with E-state index in [9.17, 15) is 14.9 Å². The molecule has 0 aliphatic rings. The number of aryl methyl sites for hydroxylation is 1. The largest absolute Gasteiger partial charge is 0.350 e. The van der Waals surface area contributed by atoms with Crippen molar-refractivity contribution in [3.8, 4) is 11.1 Å². The Hall–Kier alpha value is -3.93. The number of benzene rings is 3. The second-order valence-electron chi connectivity index (χ2n) is 6.90. The zero-order valence-corrected chi connectivity index (χ0v) is 15.8. The van der Waals surface area contributed by atoms with E-state index in [-0.39, 0.29) is 11.6 Å². The molecule has 0 fully saturated rings. The second kappa shape index (κ2) is 7.59. The van der Waals surface area contributed by atoms with Crippen LogP contribution in [0.4, 0.5) is 5.69 Å². The Kier molecular flexibility index (Phi) is 4.83. The Morgan fingerprint density at radius 3 is 2.55 bits per heavy atom. The number of nitro benzene ring substituents is 1. The number of hydrogen-bond acceptors (Lipinski definition) is 3. The first-order chi connectivity index (χ1) is 14.0. The van der Waals surface area contributed by atoms with Crippen LogP contribution >= 0.6 is 0 Å². The number of fused-ring (bicyclic) bond motifs is 1. The molecule has 4 rings (SSSR count). The van der Waals surface area contributed by atoms with Crippen molar-refractivity contribution >= 4 is 22.5 Å². The van der Waals surface area contributed by atoms with Gasteiger partial charge in [-0.1, -0.05) is 60.2 Å². The summed E-state index contributed by atoms with van der Waals surface area (Å²) < 4.78 is 0. The van der Waals surface area contributed by atoms with E-state index in [1.165, 1.54) is 12.1 Å². The number of aromatic amines is 1. The topological polar surface area (TPSA) is 88.0 Å². The smallest absolute Gasteiger partial charge is 0.270 e. The number of nitrogens with zero attached hydrogens (tertiary/aromatic N) is 1. The fourth-order valence-electron chi connectivity index (χ4n) is 3.46. The molecule has 3 aromatic carbocycles. The Labute approximate surface area is 167 Å². The zero-order valence-electron chi connectivity index (χ0n) is 15.8. The van der Waals surface area contributed by atoms with E-state index < -0.39 is 4.92 Å². The first-order valence-corrected chi connectivity index (χ1v) is 9.22. The molecule has 144 valence electrons. The number of H-pyrrole nitrogens is 1. The minimum atomic E-state index is -0.432. The molecule has 1 amide bonds. The summed E-state index contributed by atoms with van der Waals surface area (Å²) in [7, 11) is 0. The van der Waals surface area contributed by atoms with Gasteiger partial charge in [0, 0.05) is 35.1 Å². The van der Waals surface area contributed by atoms with Gasteiger partial charge < -0.3 is 10.3 Å². The Morgan fingerprint density at radius 1 is 1.03 bits per heavy atom. The third-order valence-corrected chi connectivity index (χ3v) is 4.82. The molecule has 0 bridgehead atoms. The molecule has 4 aromatic rings. The van der Waals surface area contributed by atoms with E-state index in [1.807, 2.05) is 61.5 Å². The van der Waals surface area contributed by atoms with Gasteiger partial charge in [0.25, 0.3) is 11.6 Å². The molecule has 0 aliphatic carbocycles. The van der Waals surface area contributed by atoms with Gasteiger partial charge in [0.05, 0.1) is 4.92 Å². The third-order valence-electron chi connectivity index (χ3n) is 4.82. The predicted molar refractivity (Wildman–Crippen MR) is 113 cm³/mol. The Bertz CT molecular complexity index is 1210. The van der Waals surface area contributed by atoms with E-state index in [4.69, 9.17) is 0 Å². The van der Waals surface area contributed by atoms with Crippen LogP contribution in [0.15, 0.2) is 72.8 Å². The van der Waals surface area contributed by atoms with Crippen LogP contribution in [-0.2, 0) is 6.54 Å². The van der Waals surface area contributed by atoms with Gasteiger partial charge in [0.15, 0.2) is 0 Å². The Morgan fingerprint density at radius 2 is 1.83 bits per heavy atom. The maximum absolute atomic E-state index is 13.0. The van der Waals surface area contributed by atoms with Crippen molar-refractivity contribution in [1.82, 2.24) is 10.3 Å². The SMILES string of the molecule is Cc1cccc(CNC(=O)c2[nH]c3ccc([N+](=O)[O-])cc3c2-c2ccccc2)c1. The Balaban J connectivity index is 1.76. The summed E-state index contributed by atoms with van der Waals surface area (Å²) in [6.45, 7) is 2.40. The van der Waals surface area contributed by atoms with Gasteiger partial charge in [-0.3, -0.25) is 14.9 Å². The lowest BCUT2D eigenvalue weighted by Crippen LogP contribution is -2.23.